The predicted octanol–water partition coefficient (Wildman–Crippen LogP) is 2.47. The molecule has 1 aliphatic rings. The van der Waals surface area contributed by atoms with Crippen LogP contribution >= 0.6 is 0 Å². The van der Waals surface area contributed by atoms with E-state index in [1.165, 1.54) is 25.5 Å². The van der Waals surface area contributed by atoms with E-state index in [1.54, 1.807) is 11.3 Å². The van der Waals surface area contributed by atoms with Crippen LogP contribution in [0.25, 0.3) is 5.65 Å². The third-order valence-corrected chi connectivity index (χ3v) is 3.54. The number of piperidine rings is 1. The van der Waals surface area contributed by atoms with Gasteiger partial charge in [-0.25, -0.2) is 9.37 Å². The van der Waals surface area contributed by atoms with Gasteiger partial charge in [-0.05, 0) is 37.9 Å². The van der Waals surface area contributed by atoms with E-state index >= 15 is 0 Å². The Hall–Kier alpha value is -1.42. The maximum absolute atomic E-state index is 13.5. The van der Waals surface area contributed by atoms with Crippen LogP contribution in [0.15, 0.2) is 18.4 Å². The molecule has 0 radical (unpaired) electrons. The molecule has 0 saturated carbocycles. The quantitative estimate of drug-likeness (QED) is 0.884. The Morgan fingerprint density at radius 2 is 2.44 bits per heavy atom. The number of aromatic nitrogens is 2. The zero-order chi connectivity index (χ0) is 13.4. The first-order chi connectivity index (χ1) is 9.15. The van der Waals surface area contributed by atoms with Crippen LogP contribution in [0.5, 0.6) is 0 Å². The average molecular weight is 248 g/mol. The van der Waals surface area contributed by atoms with Crippen LogP contribution in [0.2, 0.25) is 0 Å². The third-order valence-electron chi connectivity index (χ3n) is 3.54. The van der Waals surface area contributed by atoms with Crippen molar-refractivity contribution in [1.29, 1.82) is 0 Å². The van der Waals surface area contributed by atoms with Crippen LogP contribution in [0.3, 0.4) is 0 Å². The van der Waals surface area contributed by atoms with Crippen molar-refractivity contribution >= 4 is 5.65 Å². The Labute approximate surface area is 107 Å². The van der Waals surface area contributed by atoms with Gasteiger partial charge in [-0.1, -0.05) is 6.42 Å². The minimum Gasteiger partial charge on any atom is -0.314 e. The van der Waals surface area contributed by atoms with E-state index in [9.17, 15) is 4.39 Å². The first kappa shape index (κ1) is 10.5. The fourth-order valence-electron chi connectivity index (χ4n) is 2.66. The van der Waals surface area contributed by atoms with Crippen molar-refractivity contribution in [1.82, 2.24) is 14.7 Å². The van der Waals surface area contributed by atoms with Crippen molar-refractivity contribution in [2.45, 2.75) is 38.6 Å². The van der Waals surface area contributed by atoms with Gasteiger partial charge in [0.2, 0.25) is 0 Å². The Morgan fingerprint density at radius 1 is 1.56 bits per heavy atom. The van der Waals surface area contributed by atoms with Crippen molar-refractivity contribution in [2.24, 2.45) is 0 Å². The van der Waals surface area contributed by atoms with Crippen LogP contribution in [-0.4, -0.2) is 22.0 Å². The lowest BCUT2D eigenvalue weighted by Gasteiger charge is -2.22. The molecule has 18 heavy (non-hydrogen) atoms. The molecule has 2 aromatic heterocycles. The Morgan fingerprint density at radius 3 is 3.22 bits per heavy atom. The van der Waals surface area contributed by atoms with E-state index < -0.39 is 5.82 Å². The second-order valence-electron chi connectivity index (χ2n) is 5.04. The minimum absolute atomic E-state index is 0.0551. The number of fused-ring (bicyclic) bond motifs is 1. The topological polar surface area (TPSA) is 29.3 Å². The van der Waals surface area contributed by atoms with Crippen LogP contribution in [0.4, 0.5) is 4.39 Å². The Kier molecular flexibility index (Phi) is 2.73. The summed E-state index contributed by atoms with van der Waals surface area (Å²) in [5.41, 5.74) is 2.26. The average Bonchev–Trinajstić information content (AvgIpc) is 2.80. The van der Waals surface area contributed by atoms with Gasteiger partial charge < -0.3 is 9.72 Å². The van der Waals surface area contributed by atoms with Gasteiger partial charge in [0, 0.05) is 24.9 Å². The lowest BCUT2D eigenvalue weighted by atomic mass is 10.0. The molecule has 0 aromatic carbocycles. The fourth-order valence-corrected chi connectivity index (χ4v) is 2.66. The number of halogens is 1. The van der Waals surface area contributed by atoms with E-state index in [0.29, 0.717) is 17.3 Å². The lowest BCUT2D eigenvalue weighted by Crippen LogP contribution is -2.35. The number of nitrogens with zero attached hydrogens (tertiary/aromatic N) is 2. The minimum atomic E-state index is -0.496. The number of rotatable bonds is 2. The number of imidazole rings is 1. The second kappa shape index (κ2) is 4.69. The molecule has 1 saturated heterocycles. The van der Waals surface area contributed by atoms with Crippen molar-refractivity contribution in [2.75, 3.05) is 6.54 Å². The summed E-state index contributed by atoms with van der Waals surface area (Å²) in [6.45, 7) is 2.82. The fraction of sp³-hybridized carbons (Fsp3) is 0.500. The maximum atomic E-state index is 13.5. The number of hydrogen-bond donors (Lipinski definition) is 1. The molecule has 96 valence electrons. The first-order valence-electron chi connectivity index (χ1n) is 7.02. The highest BCUT2D eigenvalue weighted by Gasteiger charge is 2.15. The number of aryl methyl sites for hydroxylation is 1. The van der Waals surface area contributed by atoms with Gasteiger partial charge in [-0.3, -0.25) is 0 Å². The van der Waals surface area contributed by atoms with Gasteiger partial charge in [0.1, 0.15) is 11.5 Å². The van der Waals surface area contributed by atoms with Gasteiger partial charge >= 0.3 is 0 Å². The zero-order valence-corrected chi connectivity index (χ0v) is 10.5. The lowest BCUT2D eigenvalue weighted by molar-refractivity contribution is 0.397. The molecule has 3 heterocycles. The number of pyridine rings is 1. The molecule has 0 bridgehead atoms. The van der Waals surface area contributed by atoms with Crippen molar-refractivity contribution in [3.05, 3.63) is 35.5 Å². The molecule has 0 amide bonds. The summed E-state index contributed by atoms with van der Waals surface area (Å²) >= 11 is 0. The van der Waals surface area contributed by atoms with Gasteiger partial charge in [0.05, 0.1) is 7.06 Å². The highest BCUT2D eigenvalue weighted by atomic mass is 19.1. The molecule has 1 aliphatic heterocycles. The van der Waals surface area contributed by atoms with Crippen molar-refractivity contribution < 1.29 is 5.76 Å². The van der Waals surface area contributed by atoms with Gasteiger partial charge in [0.15, 0.2) is 0 Å². The van der Waals surface area contributed by atoms with Crippen molar-refractivity contribution in [3.8, 4) is 0 Å². The molecule has 0 unspecified atom stereocenters. The SMILES string of the molecule is [2H]c1c(F)cn2cc(C[C@@H]3CCCCN3)nc2c1C. The molecule has 1 N–H and O–H groups in total. The molecule has 0 spiro atoms. The first-order valence-corrected chi connectivity index (χ1v) is 6.52. The molecular weight excluding hydrogens is 229 g/mol. The number of hydrogen-bond acceptors (Lipinski definition) is 2. The van der Waals surface area contributed by atoms with E-state index in [1.807, 2.05) is 6.20 Å². The highest BCUT2D eigenvalue weighted by molar-refractivity contribution is 5.48. The van der Waals surface area contributed by atoms with Crippen LogP contribution in [-0.2, 0) is 6.42 Å². The summed E-state index contributed by atoms with van der Waals surface area (Å²) < 4.78 is 22.9. The molecule has 4 heteroatoms. The summed E-state index contributed by atoms with van der Waals surface area (Å²) in [6.07, 6.45) is 7.77. The monoisotopic (exact) mass is 248 g/mol. The predicted molar refractivity (Wildman–Crippen MR) is 69.2 cm³/mol. The second-order valence-corrected chi connectivity index (χ2v) is 5.04. The molecule has 2 aromatic rings. The maximum Gasteiger partial charge on any atom is 0.140 e. The molecular formula is C14H18FN3. The smallest absolute Gasteiger partial charge is 0.140 e. The van der Waals surface area contributed by atoms with Crippen LogP contribution in [0.1, 0.15) is 31.9 Å². The normalized spacial score (nSPS) is 21.2. The van der Waals surface area contributed by atoms with Gasteiger partial charge in [-0.2, -0.15) is 0 Å². The summed E-state index contributed by atoms with van der Waals surface area (Å²) in [5.74, 6) is -0.496. The highest BCUT2D eigenvalue weighted by Crippen LogP contribution is 2.16. The largest absolute Gasteiger partial charge is 0.314 e. The van der Waals surface area contributed by atoms with Gasteiger partial charge in [0.25, 0.3) is 0 Å². The van der Waals surface area contributed by atoms with Crippen LogP contribution in [0, 0.1) is 12.7 Å². The van der Waals surface area contributed by atoms with Crippen LogP contribution < -0.4 is 5.32 Å². The summed E-state index contributed by atoms with van der Waals surface area (Å²) in [7, 11) is 0. The van der Waals surface area contributed by atoms with E-state index in [-0.39, 0.29) is 6.04 Å². The number of nitrogens with one attached hydrogen (secondary N) is 1. The standard InChI is InChI=1S/C14H18FN3/c1-10-6-11(15)8-18-9-13(17-14(10)18)7-12-4-2-3-5-16-12/h6,8-9,12,16H,2-5,7H2,1H3/t12-/m0/s1/i6D. The molecule has 1 atom stereocenters. The molecule has 1 fully saturated rings. The molecule has 3 rings (SSSR count). The van der Waals surface area contributed by atoms with E-state index in [4.69, 9.17) is 1.37 Å². The summed E-state index contributed by atoms with van der Waals surface area (Å²) in [5, 5.41) is 3.49. The third kappa shape index (κ3) is 2.25. The molecule has 0 aliphatic carbocycles. The van der Waals surface area contributed by atoms with E-state index in [2.05, 4.69) is 10.3 Å². The summed E-state index contributed by atoms with van der Waals surface area (Å²) in [6, 6.07) is 0.416. The van der Waals surface area contributed by atoms with Gasteiger partial charge in [-0.15, -0.1) is 0 Å². The summed E-state index contributed by atoms with van der Waals surface area (Å²) in [4.78, 5) is 4.54. The van der Waals surface area contributed by atoms with Crippen molar-refractivity contribution in [3.63, 3.8) is 0 Å². The Bertz CT molecular complexity index is 602. The molecule has 3 nitrogen and oxygen atoms in total. The Balaban J connectivity index is 1.91. The zero-order valence-electron chi connectivity index (χ0n) is 11.5. The van der Waals surface area contributed by atoms with E-state index in [0.717, 1.165) is 18.7 Å².